The van der Waals surface area contributed by atoms with Gasteiger partial charge in [0.2, 0.25) is 0 Å². The summed E-state index contributed by atoms with van der Waals surface area (Å²) in [6.07, 6.45) is 0. The van der Waals surface area contributed by atoms with Crippen LogP contribution >= 0.6 is 0 Å². The summed E-state index contributed by atoms with van der Waals surface area (Å²) in [4.78, 5) is 12.5. The smallest absolute Gasteiger partial charge is 0.335 e. The molecule has 0 aliphatic carbocycles. The second-order valence-electron chi connectivity index (χ2n) is 3.37. The van der Waals surface area contributed by atoms with Gasteiger partial charge in [-0.15, -0.1) is 0 Å². The van der Waals surface area contributed by atoms with Crippen molar-refractivity contribution in [2.75, 3.05) is 19.0 Å². The van der Waals surface area contributed by atoms with Gasteiger partial charge in [-0.1, -0.05) is 6.58 Å². The molecule has 0 saturated carbocycles. The first-order chi connectivity index (χ1) is 6.91. The number of halogens is 1. The van der Waals surface area contributed by atoms with Crippen molar-refractivity contribution in [2.24, 2.45) is 0 Å². The Morgan fingerprint density at radius 2 is 1.87 bits per heavy atom. The molecule has 0 saturated heterocycles. The maximum absolute atomic E-state index is 12.9. The summed E-state index contributed by atoms with van der Waals surface area (Å²) in [7, 11) is 3.51. The molecular formula is C11H12FNO2. The topological polar surface area (TPSA) is 40.5 Å². The van der Waals surface area contributed by atoms with Crippen molar-refractivity contribution in [2.45, 2.75) is 0 Å². The molecule has 15 heavy (non-hydrogen) atoms. The Morgan fingerprint density at radius 1 is 1.33 bits per heavy atom. The molecule has 1 aromatic carbocycles. The molecule has 0 atom stereocenters. The summed E-state index contributed by atoms with van der Waals surface area (Å²) in [6, 6.07) is 4.29. The molecule has 1 N–H and O–H groups in total. The lowest BCUT2D eigenvalue weighted by atomic mass is 10.1. The van der Waals surface area contributed by atoms with Crippen LogP contribution in [-0.2, 0) is 0 Å². The van der Waals surface area contributed by atoms with E-state index >= 15 is 0 Å². The fraction of sp³-hybridized carbons (Fsp3) is 0.182. The first-order valence-electron chi connectivity index (χ1n) is 4.32. The molecule has 0 aromatic heterocycles. The lowest BCUT2D eigenvalue weighted by molar-refractivity contribution is 0.0697. The zero-order valence-corrected chi connectivity index (χ0v) is 8.62. The molecule has 4 heteroatoms. The van der Waals surface area contributed by atoms with Gasteiger partial charge in [0.15, 0.2) is 0 Å². The Labute approximate surface area is 87.4 Å². The van der Waals surface area contributed by atoms with Gasteiger partial charge in [0.25, 0.3) is 0 Å². The normalized spacial score (nSPS) is 9.80. The summed E-state index contributed by atoms with van der Waals surface area (Å²) in [5, 5.41) is 8.83. The minimum atomic E-state index is -1.08. The molecule has 0 unspecified atom stereocenters. The molecule has 0 spiro atoms. The van der Waals surface area contributed by atoms with Gasteiger partial charge in [-0.25, -0.2) is 9.18 Å². The number of carboxylic acids is 1. The third-order valence-electron chi connectivity index (χ3n) is 1.99. The molecule has 0 heterocycles. The van der Waals surface area contributed by atoms with Crippen LogP contribution in [0.2, 0.25) is 0 Å². The quantitative estimate of drug-likeness (QED) is 0.830. The number of carbonyl (C=O) groups is 1. The van der Waals surface area contributed by atoms with E-state index in [-0.39, 0.29) is 11.1 Å². The maximum Gasteiger partial charge on any atom is 0.335 e. The Kier molecular flexibility index (Phi) is 3.09. The second-order valence-corrected chi connectivity index (χ2v) is 3.37. The van der Waals surface area contributed by atoms with Crippen molar-refractivity contribution in [3.8, 4) is 0 Å². The predicted molar refractivity (Wildman–Crippen MR) is 57.9 cm³/mol. The van der Waals surface area contributed by atoms with E-state index in [9.17, 15) is 9.18 Å². The second kappa shape index (κ2) is 4.13. The Balaban J connectivity index is 3.32. The Bertz CT molecular complexity index is 381. The highest BCUT2D eigenvalue weighted by molar-refractivity contribution is 5.90. The van der Waals surface area contributed by atoms with Gasteiger partial charge in [-0.3, -0.25) is 0 Å². The average molecular weight is 209 g/mol. The molecule has 3 nitrogen and oxygen atoms in total. The van der Waals surface area contributed by atoms with Crippen LogP contribution < -0.4 is 4.90 Å². The lowest BCUT2D eigenvalue weighted by Gasteiger charge is -2.14. The molecule has 1 rings (SSSR count). The van der Waals surface area contributed by atoms with Crippen molar-refractivity contribution >= 4 is 17.5 Å². The average Bonchev–Trinajstić information content (AvgIpc) is 2.16. The van der Waals surface area contributed by atoms with E-state index in [4.69, 9.17) is 5.11 Å². The van der Waals surface area contributed by atoms with Crippen LogP contribution in [0.5, 0.6) is 0 Å². The first-order valence-corrected chi connectivity index (χ1v) is 4.32. The van der Waals surface area contributed by atoms with Crippen LogP contribution in [0.3, 0.4) is 0 Å². The summed E-state index contributed by atoms with van der Waals surface area (Å²) >= 11 is 0. The van der Waals surface area contributed by atoms with Gasteiger partial charge in [0.1, 0.15) is 5.83 Å². The SMILES string of the molecule is C=C(F)c1cc(C(=O)O)cc(N(C)C)c1. The van der Waals surface area contributed by atoms with Crippen molar-refractivity contribution in [3.63, 3.8) is 0 Å². The number of hydrogen-bond donors (Lipinski definition) is 1. The van der Waals surface area contributed by atoms with E-state index in [1.165, 1.54) is 12.1 Å². The largest absolute Gasteiger partial charge is 0.478 e. The highest BCUT2D eigenvalue weighted by atomic mass is 19.1. The fourth-order valence-electron chi connectivity index (χ4n) is 1.15. The minimum absolute atomic E-state index is 0.0509. The molecular weight excluding hydrogens is 197 g/mol. The van der Waals surface area contributed by atoms with E-state index in [0.717, 1.165) is 0 Å². The third-order valence-corrected chi connectivity index (χ3v) is 1.99. The number of benzene rings is 1. The molecule has 80 valence electrons. The first kappa shape index (κ1) is 11.2. The highest BCUT2D eigenvalue weighted by Crippen LogP contribution is 2.22. The van der Waals surface area contributed by atoms with Crippen LogP contribution in [-0.4, -0.2) is 25.2 Å². The molecule has 0 aliphatic heterocycles. The lowest BCUT2D eigenvalue weighted by Crippen LogP contribution is -2.10. The molecule has 0 amide bonds. The van der Waals surface area contributed by atoms with Gasteiger partial charge in [0, 0.05) is 25.3 Å². The van der Waals surface area contributed by atoms with E-state index in [1.807, 2.05) is 0 Å². The minimum Gasteiger partial charge on any atom is -0.478 e. The molecule has 0 aliphatic rings. The van der Waals surface area contributed by atoms with Gasteiger partial charge in [-0.2, -0.15) is 0 Å². The van der Waals surface area contributed by atoms with E-state index in [1.54, 1.807) is 25.1 Å². The number of nitrogens with zero attached hydrogens (tertiary/aromatic N) is 1. The van der Waals surface area contributed by atoms with Crippen molar-refractivity contribution in [1.82, 2.24) is 0 Å². The van der Waals surface area contributed by atoms with Crippen LogP contribution in [0, 0.1) is 0 Å². The van der Waals surface area contributed by atoms with E-state index < -0.39 is 11.8 Å². The van der Waals surface area contributed by atoms with Crippen molar-refractivity contribution in [3.05, 3.63) is 35.9 Å². The highest BCUT2D eigenvalue weighted by Gasteiger charge is 2.09. The van der Waals surface area contributed by atoms with Crippen LogP contribution in [0.25, 0.3) is 5.83 Å². The zero-order chi connectivity index (χ0) is 11.6. The number of carboxylic acid groups (broad SMARTS) is 1. The van der Waals surface area contributed by atoms with Crippen molar-refractivity contribution < 1.29 is 14.3 Å². The van der Waals surface area contributed by atoms with E-state index in [0.29, 0.717) is 5.69 Å². The summed E-state index contributed by atoms with van der Waals surface area (Å²) < 4.78 is 12.9. The van der Waals surface area contributed by atoms with Gasteiger partial charge < -0.3 is 10.0 Å². The fourth-order valence-corrected chi connectivity index (χ4v) is 1.15. The van der Waals surface area contributed by atoms with E-state index in [2.05, 4.69) is 6.58 Å². The predicted octanol–water partition coefficient (Wildman–Crippen LogP) is 2.39. The number of rotatable bonds is 3. The van der Waals surface area contributed by atoms with Crippen LogP contribution in [0.4, 0.5) is 10.1 Å². The van der Waals surface area contributed by atoms with Gasteiger partial charge in [-0.05, 0) is 18.2 Å². The number of aromatic carboxylic acids is 1. The summed E-state index contributed by atoms with van der Waals surface area (Å²) in [6.45, 7) is 3.15. The molecule has 0 bridgehead atoms. The van der Waals surface area contributed by atoms with Gasteiger partial charge >= 0.3 is 5.97 Å². The molecule has 1 aromatic rings. The van der Waals surface area contributed by atoms with Crippen LogP contribution in [0.1, 0.15) is 15.9 Å². The zero-order valence-electron chi connectivity index (χ0n) is 8.62. The van der Waals surface area contributed by atoms with Crippen LogP contribution in [0.15, 0.2) is 24.8 Å². The van der Waals surface area contributed by atoms with Gasteiger partial charge in [0.05, 0.1) is 5.56 Å². The number of hydrogen-bond acceptors (Lipinski definition) is 2. The summed E-state index contributed by atoms with van der Waals surface area (Å²) in [5.41, 5.74) is 0.873. The monoisotopic (exact) mass is 209 g/mol. The third kappa shape index (κ3) is 2.56. The molecule has 0 radical (unpaired) electrons. The maximum atomic E-state index is 12.9. The Hall–Kier alpha value is -1.84. The summed E-state index contributed by atoms with van der Waals surface area (Å²) in [5.74, 6) is -1.72. The Morgan fingerprint density at radius 3 is 2.27 bits per heavy atom. The number of anilines is 1. The standard InChI is InChI=1S/C11H12FNO2/c1-7(12)8-4-9(11(14)15)6-10(5-8)13(2)3/h4-6H,1H2,2-3H3,(H,14,15). The van der Waals surface area contributed by atoms with Crippen molar-refractivity contribution in [1.29, 1.82) is 0 Å². The molecule has 0 fully saturated rings.